The average Bonchev–Trinajstić information content (AvgIpc) is 2.70. The maximum Gasteiger partial charge on any atom is 0.243 e. The van der Waals surface area contributed by atoms with Crippen LogP contribution in [-0.2, 0) is 11.8 Å². The maximum atomic E-state index is 12.4. The van der Waals surface area contributed by atoms with Gasteiger partial charge in [0, 0.05) is 19.3 Å². The van der Waals surface area contributed by atoms with E-state index < -0.39 is 0 Å². The lowest BCUT2D eigenvalue weighted by molar-refractivity contribution is -0.115. The van der Waals surface area contributed by atoms with Crippen molar-refractivity contribution >= 4 is 17.3 Å². The number of aryl methyl sites for hydroxylation is 4. The summed E-state index contributed by atoms with van der Waals surface area (Å²) in [4.78, 5) is 14.5. The predicted octanol–water partition coefficient (Wildman–Crippen LogP) is 3.12. The number of likely N-dealkylation sites (N-methyl/N-ethyl adjacent to an activating group) is 1. The predicted molar refractivity (Wildman–Crippen MR) is 95.1 cm³/mol. The Kier molecular flexibility index (Phi) is 5.08. The van der Waals surface area contributed by atoms with Crippen LogP contribution in [0.4, 0.5) is 11.4 Å². The number of nitrogens with one attached hydrogen (secondary N) is 1. The highest BCUT2D eigenvalue weighted by Crippen LogP contribution is 2.20. The number of hydrogen-bond acceptors (Lipinski definition) is 3. The first-order valence-electron chi connectivity index (χ1n) is 7.95. The van der Waals surface area contributed by atoms with Crippen LogP contribution in [0.5, 0.6) is 0 Å². The minimum atomic E-state index is -0.0230. The summed E-state index contributed by atoms with van der Waals surface area (Å²) in [7, 11) is 1.88. The largest absolute Gasteiger partial charge is 0.362 e. The Morgan fingerprint density at radius 2 is 1.78 bits per heavy atom. The van der Waals surface area contributed by atoms with E-state index in [9.17, 15) is 4.79 Å². The van der Waals surface area contributed by atoms with Gasteiger partial charge in [-0.3, -0.25) is 9.48 Å². The Hall–Kier alpha value is -2.30. The Labute approximate surface area is 138 Å². The fourth-order valence-electron chi connectivity index (χ4n) is 2.83. The first kappa shape index (κ1) is 17.1. The van der Waals surface area contributed by atoms with E-state index in [1.54, 1.807) is 4.68 Å². The molecule has 5 nitrogen and oxygen atoms in total. The summed E-state index contributed by atoms with van der Waals surface area (Å²) in [5, 5.41) is 7.33. The fraction of sp³-hybridized carbons (Fsp3) is 0.444. The molecule has 5 heteroatoms. The molecule has 0 saturated carbocycles. The van der Waals surface area contributed by atoms with Gasteiger partial charge < -0.3 is 10.2 Å². The average molecular weight is 314 g/mol. The van der Waals surface area contributed by atoms with Crippen LogP contribution in [-0.4, -0.2) is 28.8 Å². The molecule has 0 fully saturated rings. The van der Waals surface area contributed by atoms with Gasteiger partial charge in [-0.2, -0.15) is 5.10 Å². The molecule has 0 bridgehead atoms. The molecule has 0 unspecified atom stereocenters. The Morgan fingerprint density at radius 3 is 2.26 bits per heavy atom. The molecule has 0 radical (unpaired) electrons. The van der Waals surface area contributed by atoms with Crippen LogP contribution in [0.3, 0.4) is 0 Å². The lowest BCUT2D eigenvalue weighted by atomic mass is 10.1. The quantitative estimate of drug-likeness (QED) is 0.922. The zero-order valence-electron chi connectivity index (χ0n) is 14.9. The number of aromatic nitrogens is 2. The van der Waals surface area contributed by atoms with Gasteiger partial charge in [0.05, 0.1) is 23.6 Å². The minimum Gasteiger partial charge on any atom is -0.362 e. The zero-order valence-corrected chi connectivity index (χ0v) is 14.9. The molecule has 1 heterocycles. The third-order valence-corrected chi connectivity index (χ3v) is 4.06. The van der Waals surface area contributed by atoms with Crippen molar-refractivity contribution in [3.05, 3.63) is 40.7 Å². The highest BCUT2D eigenvalue weighted by Gasteiger charge is 2.15. The Bertz CT molecular complexity index is 698. The molecule has 1 aromatic carbocycles. The lowest BCUT2D eigenvalue weighted by Crippen LogP contribution is -2.33. The van der Waals surface area contributed by atoms with Crippen molar-refractivity contribution in [2.24, 2.45) is 7.05 Å². The second-order valence-electron chi connectivity index (χ2n) is 6.08. The number of anilines is 2. The Morgan fingerprint density at radius 1 is 1.17 bits per heavy atom. The van der Waals surface area contributed by atoms with Crippen LogP contribution in [0.1, 0.15) is 29.4 Å². The summed E-state index contributed by atoms with van der Waals surface area (Å²) in [6.45, 7) is 11.2. The summed E-state index contributed by atoms with van der Waals surface area (Å²) in [5.41, 5.74) is 6.11. The molecule has 0 aliphatic rings. The third kappa shape index (κ3) is 3.92. The van der Waals surface area contributed by atoms with E-state index in [2.05, 4.69) is 54.3 Å². The molecule has 1 aromatic heterocycles. The number of amides is 1. The van der Waals surface area contributed by atoms with E-state index in [1.165, 1.54) is 11.1 Å². The third-order valence-electron chi connectivity index (χ3n) is 4.06. The normalized spacial score (nSPS) is 10.7. The SMILES string of the molecule is CCN(CC(=O)Nc1c(C)nn(C)c1C)c1cc(C)cc(C)c1. The van der Waals surface area contributed by atoms with Crippen molar-refractivity contribution in [1.29, 1.82) is 0 Å². The van der Waals surface area contributed by atoms with Crippen LogP contribution < -0.4 is 10.2 Å². The minimum absolute atomic E-state index is 0.0230. The van der Waals surface area contributed by atoms with Gasteiger partial charge in [-0.15, -0.1) is 0 Å². The number of rotatable bonds is 5. The molecule has 124 valence electrons. The van der Waals surface area contributed by atoms with Gasteiger partial charge in [-0.05, 0) is 57.9 Å². The van der Waals surface area contributed by atoms with Gasteiger partial charge in [-0.25, -0.2) is 0 Å². The molecule has 0 spiro atoms. The fourth-order valence-corrected chi connectivity index (χ4v) is 2.83. The summed E-state index contributed by atoms with van der Waals surface area (Å²) in [6.07, 6.45) is 0. The second kappa shape index (κ2) is 6.86. The van der Waals surface area contributed by atoms with Crippen LogP contribution >= 0.6 is 0 Å². The van der Waals surface area contributed by atoms with E-state index in [0.717, 1.165) is 29.3 Å². The molecule has 0 aliphatic heterocycles. The van der Waals surface area contributed by atoms with E-state index in [-0.39, 0.29) is 5.91 Å². The van der Waals surface area contributed by atoms with Crippen LogP contribution in [0.15, 0.2) is 18.2 Å². The highest BCUT2D eigenvalue weighted by atomic mass is 16.2. The van der Waals surface area contributed by atoms with Crippen LogP contribution in [0.2, 0.25) is 0 Å². The van der Waals surface area contributed by atoms with Gasteiger partial charge in [-0.1, -0.05) is 6.07 Å². The molecule has 0 atom stereocenters. The van der Waals surface area contributed by atoms with Gasteiger partial charge in [0.15, 0.2) is 0 Å². The summed E-state index contributed by atoms with van der Waals surface area (Å²) in [6, 6.07) is 6.37. The van der Waals surface area contributed by atoms with E-state index in [0.29, 0.717) is 6.54 Å². The number of benzene rings is 1. The summed E-state index contributed by atoms with van der Waals surface area (Å²) in [5.74, 6) is -0.0230. The zero-order chi connectivity index (χ0) is 17.1. The molecule has 1 amide bonds. The van der Waals surface area contributed by atoms with Crippen molar-refractivity contribution in [2.45, 2.75) is 34.6 Å². The molecular weight excluding hydrogens is 288 g/mol. The topological polar surface area (TPSA) is 50.2 Å². The van der Waals surface area contributed by atoms with Crippen molar-refractivity contribution in [2.75, 3.05) is 23.3 Å². The van der Waals surface area contributed by atoms with Gasteiger partial charge in [0.1, 0.15) is 0 Å². The molecule has 0 saturated heterocycles. The molecule has 2 rings (SSSR count). The van der Waals surface area contributed by atoms with Crippen LogP contribution in [0.25, 0.3) is 0 Å². The first-order chi connectivity index (χ1) is 10.8. The maximum absolute atomic E-state index is 12.4. The molecular formula is C18H26N4O. The van der Waals surface area contributed by atoms with Gasteiger partial charge in [0.25, 0.3) is 0 Å². The number of carbonyl (C=O) groups excluding carboxylic acids is 1. The molecule has 1 N–H and O–H groups in total. The molecule has 2 aromatic rings. The standard InChI is InChI=1S/C18H26N4O/c1-7-22(16-9-12(2)8-13(3)10-16)11-17(23)19-18-14(4)20-21(6)15(18)5/h8-10H,7,11H2,1-6H3,(H,19,23). The van der Waals surface area contributed by atoms with Crippen molar-refractivity contribution in [3.63, 3.8) is 0 Å². The number of nitrogens with zero attached hydrogens (tertiary/aromatic N) is 3. The van der Waals surface area contributed by atoms with Crippen molar-refractivity contribution in [3.8, 4) is 0 Å². The smallest absolute Gasteiger partial charge is 0.243 e. The lowest BCUT2D eigenvalue weighted by Gasteiger charge is -2.23. The monoisotopic (exact) mass is 314 g/mol. The Balaban J connectivity index is 2.13. The second-order valence-corrected chi connectivity index (χ2v) is 6.08. The number of hydrogen-bond donors (Lipinski definition) is 1. The van der Waals surface area contributed by atoms with E-state index >= 15 is 0 Å². The molecule has 23 heavy (non-hydrogen) atoms. The van der Waals surface area contributed by atoms with E-state index in [1.807, 2.05) is 20.9 Å². The van der Waals surface area contributed by atoms with Crippen LogP contribution in [0, 0.1) is 27.7 Å². The summed E-state index contributed by atoms with van der Waals surface area (Å²) < 4.78 is 1.78. The van der Waals surface area contributed by atoms with Crippen molar-refractivity contribution in [1.82, 2.24) is 9.78 Å². The van der Waals surface area contributed by atoms with Gasteiger partial charge in [0.2, 0.25) is 5.91 Å². The highest BCUT2D eigenvalue weighted by molar-refractivity contribution is 5.95. The molecule has 0 aliphatic carbocycles. The first-order valence-corrected chi connectivity index (χ1v) is 7.95. The summed E-state index contributed by atoms with van der Waals surface area (Å²) >= 11 is 0. The van der Waals surface area contributed by atoms with Gasteiger partial charge >= 0.3 is 0 Å². The number of carbonyl (C=O) groups is 1. The van der Waals surface area contributed by atoms with E-state index in [4.69, 9.17) is 0 Å². The van der Waals surface area contributed by atoms with Crippen molar-refractivity contribution < 1.29 is 4.79 Å².